The van der Waals surface area contributed by atoms with E-state index < -0.39 is 15.9 Å². The Morgan fingerprint density at radius 1 is 1.04 bits per heavy atom. The van der Waals surface area contributed by atoms with Crippen molar-refractivity contribution >= 4 is 38.9 Å². The van der Waals surface area contributed by atoms with Crippen LogP contribution in [-0.4, -0.2) is 19.3 Å². The lowest BCUT2D eigenvalue weighted by atomic mass is 10.1. The quantitative estimate of drug-likeness (QED) is 0.630. The first kappa shape index (κ1) is 18.9. The minimum atomic E-state index is -4.00. The fraction of sp³-hybridized carbons (Fsp3) is 0.0526. The lowest BCUT2D eigenvalue weighted by Crippen LogP contribution is -2.19. The normalized spacial score (nSPS) is 11.0. The van der Waals surface area contributed by atoms with Gasteiger partial charge in [0.05, 0.1) is 11.3 Å². The van der Waals surface area contributed by atoms with Crippen molar-refractivity contribution < 1.29 is 13.2 Å². The van der Waals surface area contributed by atoms with Gasteiger partial charge in [0.1, 0.15) is 10.0 Å². The molecule has 1 heterocycles. The van der Waals surface area contributed by atoms with Crippen LogP contribution in [0.15, 0.2) is 71.8 Å². The molecule has 0 spiro atoms. The Morgan fingerprint density at radius 2 is 1.81 bits per heavy atom. The molecule has 138 valence electrons. The largest absolute Gasteiger partial charge is 0.322 e. The number of halogens is 1. The van der Waals surface area contributed by atoms with E-state index in [1.54, 1.807) is 18.2 Å². The zero-order valence-electron chi connectivity index (χ0n) is 14.3. The molecular weight excluding hydrogens is 386 g/mol. The van der Waals surface area contributed by atoms with Crippen molar-refractivity contribution in [1.29, 1.82) is 0 Å². The lowest BCUT2D eigenvalue weighted by molar-refractivity contribution is 0.102. The van der Waals surface area contributed by atoms with Gasteiger partial charge in [-0.1, -0.05) is 35.9 Å². The van der Waals surface area contributed by atoms with E-state index in [4.69, 9.17) is 11.6 Å². The van der Waals surface area contributed by atoms with Gasteiger partial charge in [-0.2, -0.15) is 0 Å². The first-order chi connectivity index (χ1) is 12.9. The molecule has 0 bridgehead atoms. The lowest BCUT2D eigenvalue weighted by Gasteiger charge is -2.13. The first-order valence-corrected chi connectivity index (χ1v) is 9.83. The number of hydrogen-bond acceptors (Lipinski definition) is 4. The number of sulfonamides is 1. The molecule has 3 aromatic rings. The molecule has 0 aliphatic carbocycles. The molecule has 0 saturated carbocycles. The third kappa shape index (κ3) is 4.45. The maximum Gasteiger partial charge on any atom is 0.264 e. The number of carbonyl (C=O) groups is 1. The van der Waals surface area contributed by atoms with E-state index in [2.05, 4.69) is 15.0 Å². The fourth-order valence-electron chi connectivity index (χ4n) is 2.46. The number of aryl methyl sites for hydroxylation is 1. The van der Waals surface area contributed by atoms with Gasteiger partial charge in [-0.3, -0.25) is 9.52 Å². The Bertz CT molecular complexity index is 1100. The molecule has 3 rings (SSSR count). The minimum absolute atomic E-state index is 0.141. The predicted molar refractivity (Wildman–Crippen MR) is 106 cm³/mol. The summed E-state index contributed by atoms with van der Waals surface area (Å²) in [5.74, 6) is -0.434. The third-order valence-electron chi connectivity index (χ3n) is 3.71. The molecule has 0 atom stereocenters. The number of carbonyl (C=O) groups excluding carboxylic acids is 1. The number of pyridine rings is 1. The smallest absolute Gasteiger partial charge is 0.264 e. The van der Waals surface area contributed by atoms with Crippen molar-refractivity contribution in [3.8, 4) is 0 Å². The van der Waals surface area contributed by atoms with Crippen molar-refractivity contribution in [2.75, 3.05) is 10.0 Å². The Balaban J connectivity index is 1.90. The maximum absolute atomic E-state index is 12.7. The SMILES string of the molecule is Cc1cccc(NC(=O)c2ccccc2NS(=O)(=O)c2cccnc2Cl)c1. The van der Waals surface area contributed by atoms with Crippen molar-refractivity contribution in [2.45, 2.75) is 11.8 Å². The van der Waals surface area contributed by atoms with Gasteiger partial charge in [0.15, 0.2) is 0 Å². The summed E-state index contributed by atoms with van der Waals surface area (Å²) in [6.07, 6.45) is 1.39. The van der Waals surface area contributed by atoms with E-state index in [9.17, 15) is 13.2 Å². The fourth-order valence-corrected chi connectivity index (χ4v) is 4.00. The van der Waals surface area contributed by atoms with Gasteiger partial charge < -0.3 is 5.32 Å². The molecule has 0 unspecified atom stereocenters. The molecule has 0 saturated heterocycles. The third-order valence-corrected chi connectivity index (χ3v) is 5.52. The van der Waals surface area contributed by atoms with Gasteiger partial charge in [-0.15, -0.1) is 0 Å². The summed E-state index contributed by atoms with van der Waals surface area (Å²) in [6.45, 7) is 1.91. The van der Waals surface area contributed by atoms with Crippen molar-refractivity contribution in [3.63, 3.8) is 0 Å². The van der Waals surface area contributed by atoms with Gasteiger partial charge in [0.25, 0.3) is 15.9 Å². The molecule has 1 amide bonds. The monoisotopic (exact) mass is 401 g/mol. The molecular formula is C19H16ClN3O3S. The topological polar surface area (TPSA) is 88.2 Å². The summed E-state index contributed by atoms with van der Waals surface area (Å²) in [7, 11) is -4.00. The molecule has 2 aromatic carbocycles. The van der Waals surface area contributed by atoms with Crippen LogP contribution in [0.5, 0.6) is 0 Å². The molecule has 2 N–H and O–H groups in total. The number of anilines is 2. The van der Waals surface area contributed by atoms with Gasteiger partial charge in [0, 0.05) is 11.9 Å². The van der Waals surface area contributed by atoms with Gasteiger partial charge >= 0.3 is 0 Å². The van der Waals surface area contributed by atoms with E-state index in [1.165, 1.54) is 30.5 Å². The van der Waals surface area contributed by atoms with Crippen LogP contribution in [0.2, 0.25) is 5.15 Å². The van der Waals surface area contributed by atoms with Crippen molar-refractivity contribution in [1.82, 2.24) is 4.98 Å². The Hall–Kier alpha value is -2.90. The second-order valence-electron chi connectivity index (χ2n) is 5.77. The van der Waals surface area contributed by atoms with E-state index in [1.807, 2.05) is 25.1 Å². The first-order valence-electron chi connectivity index (χ1n) is 7.97. The summed E-state index contributed by atoms with van der Waals surface area (Å²) in [6, 6.07) is 16.4. The van der Waals surface area contributed by atoms with Crippen LogP contribution in [0, 0.1) is 6.92 Å². The maximum atomic E-state index is 12.7. The number of para-hydroxylation sites is 1. The van der Waals surface area contributed by atoms with E-state index in [0.717, 1.165) is 5.56 Å². The number of amides is 1. The van der Waals surface area contributed by atoms with Gasteiger partial charge in [-0.25, -0.2) is 13.4 Å². The van der Waals surface area contributed by atoms with Gasteiger partial charge in [-0.05, 0) is 48.9 Å². The van der Waals surface area contributed by atoms with Crippen LogP contribution in [0.25, 0.3) is 0 Å². The van der Waals surface area contributed by atoms with Crippen LogP contribution in [0.1, 0.15) is 15.9 Å². The van der Waals surface area contributed by atoms with E-state index in [0.29, 0.717) is 5.69 Å². The second-order valence-corrected chi connectivity index (χ2v) is 7.78. The molecule has 0 radical (unpaired) electrons. The molecule has 8 heteroatoms. The van der Waals surface area contributed by atoms with E-state index in [-0.39, 0.29) is 21.3 Å². The Kier molecular flexibility index (Phi) is 5.43. The van der Waals surface area contributed by atoms with Crippen LogP contribution >= 0.6 is 11.6 Å². The average Bonchev–Trinajstić information content (AvgIpc) is 2.62. The predicted octanol–water partition coefficient (Wildman–Crippen LogP) is 4.10. The summed E-state index contributed by atoms with van der Waals surface area (Å²) >= 11 is 5.89. The van der Waals surface area contributed by atoms with Crippen LogP contribution in [-0.2, 0) is 10.0 Å². The summed E-state index contributed by atoms with van der Waals surface area (Å²) < 4.78 is 27.7. The van der Waals surface area contributed by atoms with Crippen molar-refractivity contribution in [2.24, 2.45) is 0 Å². The second kappa shape index (κ2) is 7.77. The highest BCUT2D eigenvalue weighted by Crippen LogP contribution is 2.24. The molecule has 1 aromatic heterocycles. The number of nitrogens with one attached hydrogen (secondary N) is 2. The molecule has 6 nitrogen and oxygen atoms in total. The zero-order valence-corrected chi connectivity index (χ0v) is 15.9. The molecule has 27 heavy (non-hydrogen) atoms. The Labute approximate surface area is 162 Å². The standard InChI is InChI=1S/C19H16ClN3O3S/c1-13-6-4-7-14(12-13)22-19(24)15-8-2-3-9-16(15)23-27(25,26)17-10-5-11-21-18(17)20/h2-12,23H,1H3,(H,22,24). The highest BCUT2D eigenvalue weighted by Gasteiger charge is 2.21. The van der Waals surface area contributed by atoms with E-state index >= 15 is 0 Å². The molecule has 0 aliphatic heterocycles. The zero-order chi connectivity index (χ0) is 19.4. The number of rotatable bonds is 5. The number of aromatic nitrogens is 1. The molecule has 0 fully saturated rings. The highest BCUT2D eigenvalue weighted by molar-refractivity contribution is 7.92. The van der Waals surface area contributed by atoms with Crippen LogP contribution in [0.4, 0.5) is 11.4 Å². The Morgan fingerprint density at radius 3 is 2.56 bits per heavy atom. The molecule has 0 aliphatic rings. The van der Waals surface area contributed by atoms with Crippen LogP contribution in [0.3, 0.4) is 0 Å². The highest BCUT2D eigenvalue weighted by atomic mass is 35.5. The minimum Gasteiger partial charge on any atom is -0.322 e. The van der Waals surface area contributed by atoms with Crippen molar-refractivity contribution in [3.05, 3.63) is 83.1 Å². The summed E-state index contributed by atoms with van der Waals surface area (Å²) in [5, 5.41) is 2.62. The average molecular weight is 402 g/mol. The van der Waals surface area contributed by atoms with Gasteiger partial charge in [0.2, 0.25) is 0 Å². The summed E-state index contributed by atoms with van der Waals surface area (Å²) in [4.78, 5) is 16.3. The summed E-state index contributed by atoms with van der Waals surface area (Å²) in [5.41, 5.74) is 1.94. The van der Waals surface area contributed by atoms with Crippen LogP contribution < -0.4 is 10.0 Å². The number of nitrogens with zero attached hydrogens (tertiary/aromatic N) is 1. The number of hydrogen-bond donors (Lipinski definition) is 2. The number of benzene rings is 2.